The van der Waals surface area contributed by atoms with Gasteiger partial charge in [0.1, 0.15) is 5.75 Å². The second-order valence-corrected chi connectivity index (χ2v) is 3.25. The molecule has 0 radical (unpaired) electrons. The minimum absolute atomic E-state index is 0. The summed E-state index contributed by atoms with van der Waals surface area (Å²) in [6.45, 7) is 0.312. The Balaban J connectivity index is 0. The molecule has 1 rings (SSSR count). The van der Waals surface area contributed by atoms with Gasteiger partial charge in [0, 0.05) is 23.7 Å². The number of hydrogen-bond acceptors (Lipinski definition) is 4. The summed E-state index contributed by atoms with van der Waals surface area (Å²) in [5, 5.41) is 8.41. The van der Waals surface area contributed by atoms with E-state index in [4.69, 9.17) is 15.6 Å². The monoisotopic (exact) mass is 231 g/mol. The normalized spacial score (nSPS) is 9.18. The van der Waals surface area contributed by atoms with Crippen LogP contribution in [-0.2, 0) is 4.79 Å². The molecule has 0 saturated heterocycles. The van der Waals surface area contributed by atoms with Crippen LogP contribution in [-0.4, -0.2) is 24.0 Å². The maximum Gasteiger partial charge on any atom is 1.00 e. The quantitative estimate of drug-likeness (QED) is 0.267. The van der Waals surface area contributed by atoms with Crippen LogP contribution in [0.1, 0.15) is 24.6 Å². The first-order valence-electron chi connectivity index (χ1n) is 4.83. The van der Waals surface area contributed by atoms with Crippen LogP contribution in [0.3, 0.4) is 0 Å². The Hall–Kier alpha value is -1.44. The molecule has 0 unspecified atom stereocenters. The van der Waals surface area contributed by atoms with Gasteiger partial charge in [0.05, 0.1) is 6.61 Å². The van der Waals surface area contributed by atoms with E-state index in [1.807, 2.05) is 0 Å². The van der Waals surface area contributed by atoms with Crippen LogP contribution in [0.5, 0.6) is 5.75 Å². The van der Waals surface area contributed by atoms with Gasteiger partial charge in [-0.15, -0.1) is 0 Å². The number of ether oxygens (including phenoxy) is 1. The fraction of sp³-hybridized carbons (Fsp3) is 0.273. The van der Waals surface area contributed by atoms with Crippen molar-refractivity contribution in [1.82, 2.24) is 0 Å². The number of nitrogens with two attached hydrogens (primary N) is 1. The number of benzene rings is 1. The van der Waals surface area contributed by atoms with E-state index in [1.165, 1.54) is 0 Å². The molecular formula is C11H14LiNO4. The van der Waals surface area contributed by atoms with E-state index in [0.717, 1.165) is 0 Å². The van der Waals surface area contributed by atoms with Gasteiger partial charge in [-0.1, -0.05) is 0 Å². The van der Waals surface area contributed by atoms with E-state index < -0.39 is 5.97 Å². The van der Waals surface area contributed by atoms with E-state index in [2.05, 4.69) is 0 Å². The van der Waals surface area contributed by atoms with E-state index in [-0.39, 0.29) is 26.7 Å². The van der Waals surface area contributed by atoms with Crippen LogP contribution < -0.4 is 29.3 Å². The maximum absolute atomic E-state index is 10.5. The van der Waals surface area contributed by atoms with Gasteiger partial charge in [0.2, 0.25) is 0 Å². The second kappa shape index (κ2) is 7.77. The van der Waals surface area contributed by atoms with Crippen molar-refractivity contribution in [2.24, 2.45) is 0 Å². The minimum atomic E-state index is -0.848. The molecule has 0 spiro atoms. The van der Waals surface area contributed by atoms with E-state index >= 15 is 0 Å². The van der Waals surface area contributed by atoms with Gasteiger partial charge in [0.15, 0.2) is 6.29 Å². The molecule has 88 valence electrons. The van der Waals surface area contributed by atoms with Gasteiger partial charge in [-0.05, 0) is 18.6 Å². The molecular weight excluding hydrogens is 217 g/mol. The average Bonchev–Trinajstić information content (AvgIpc) is 2.24. The molecule has 5 nitrogen and oxygen atoms in total. The van der Waals surface area contributed by atoms with E-state index in [9.17, 15) is 9.59 Å². The SMILES string of the molecule is Nc1cc(OCCCC(=O)O)ccc1C=O.[H-].[Li+]. The number of nitrogen functional groups attached to an aromatic ring is 1. The summed E-state index contributed by atoms with van der Waals surface area (Å²) < 4.78 is 5.28. The zero-order valence-corrected chi connectivity index (χ0v) is 9.68. The number of carboxylic acids is 1. The Kier molecular flexibility index (Phi) is 7.11. The summed E-state index contributed by atoms with van der Waals surface area (Å²) in [4.78, 5) is 20.7. The van der Waals surface area contributed by atoms with Gasteiger partial charge in [-0.25, -0.2) is 0 Å². The number of carboxylic acid groups (broad SMARTS) is 1. The molecule has 1 aromatic carbocycles. The Morgan fingerprint density at radius 3 is 2.76 bits per heavy atom. The van der Waals surface area contributed by atoms with Gasteiger partial charge >= 0.3 is 24.8 Å². The molecule has 0 bridgehead atoms. The van der Waals surface area contributed by atoms with Crippen molar-refractivity contribution in [3.8, 4) is 5.75 Å². The first kappa shape index (κ1) is 15.6. The van der Waals surface area contributed by atoms with Crippen molar-refractivity contribution in [2.75, 3.05) is 12.3 Å². The third kappa shape index (κ3) is 5.43. The van der Waals surface area contributed by atoms with Crippen molar-refractivity contribution in [1.29, 1.82) is 0 Å². The Morgan fingerprint density at radius 2 is 2.24 bits per heavy atom. The Bertz CT molecular complexity index is 401. The van der Waals surface area contributed by atoms with Gasteiger partial charge in [0.25, 0.3) is 0 Å². The molecule has 0 heterocycles. The van der Waals surface area contributed by atoms with Crippen molar-refractivity contribution in [3.63, 3.8) is 0 Å². The molecule has 3 N–H and O–H groups in total. The Morgan fingerprint density at radius 1 is 1.53 bits per heavy atom. The summed E-state index contributed by atoms with van der Waals surface area (Å²) in [6.07, 6.45) is 1.18. The molecule has 0 saturated carbocycles. The maximum atomic E-state index is 10.5. The van der Waals surface area contributed by atoms with Gasteiger partial charge in [-0.3, -0.25) is 9.59 Å². The number of aldehydes is 1. The van der Waals surface area contributed by atoms with E-state index in [1.54, 1.807) is 18.2 Å². The molecule has 0 atom stereocenters. The number of anilines is 1. The largest absolute Gasteiger partial charge is 1.00 e. The molecule has 17 heavy (non-hydrogen) atoms. The molecule has 0 amide bonds. The Labute approximate surface area is 113 Å². The third-order valence-corrected chi connectivity index (χ3v) is 1.99. The fourth-order valence-corrected chi connectivity index (χ4v) is 1.16. The molecule has 6 heteroatoms. The summed E-state index contributed by atoms with van der Waals surface area (Å²) in [5.41, 5.74) is 6.35. The van der Waals surface area contributed by atoms with Crippen LogP contribution in [0, 0.1) is 0 Å². The van der Waals surface area contributed by atoms with Crippen molar-refractivity contribution < 1.29 is 39.7 Å². The number of carbonyl (C=O) groups excluding carboxylic acids is 1. The first-order valence-corrected chi connectivity index (χ1v) is 4.83. The van der Waals surface area contributed by atoms with Crippen LogP contribution in [0.25, 0.3) is 0 Å². The number of aliphatic carboxylic acids is 1. The van der Waals surface area contributed by atoms with Crippen molar-refractivity contribution in [2.45, 2.75) is 12.8 Å². The molecule has 1 aromatic rings. The zero-order chi connectivity index (χ0) is 12.0. The third-order valence-electron chi connectivity index (χ3n) is 1.99. The average molecular weight is 231 g/mol. The summed E-state index contributed by atoms with van der Waals surface area (Å²) >= 11 is 0. The predicted molar refractivity (Wildman–Crippen MR) is 59.7 cm³/mol. The van der Waals surface area contributed by atoms with Crippen LogP contribution in [0.4, 0.5) is 5.69 Å². The summed E-state index contributed by atoms with van der Waals surface area (Å²) in [6, 6.07) is 4.74. The van der Waals surface area contributed by atoms with E-state index in [0.29, 0.717) is 36.3 Å². The first-order chi connectivity index (χ1) is 7.63. The standard InChI is InChI=1S/C11H13NO4.Li.H/c12-10-6-9(4-3-8(10)7-13)16-5-1-2-11(14)15;;/h3-4,6-7H,1-2,5,12H2,(H,14,15);;/q;+1;-1. The number of hydrogen-bond donors (Lipinski definition) is 2. The molecule has 0 aliphatic heterocycles. The molecule has 0 aliphatic carbocycles. The molecule has 0 aliphatic rings. The smallest absolute Gasteiger partial charge is 1.00 e. The van der Waals surface area contributed by atoms with Gasteiger partial charge in [-0.2, -0.15) is 0 Å². The molecule has 0 fully saturated rings. The minimum Gasteiger partial charge on any atom is -1.00 e. The van der Waals surface area contributed by atoms with Crippen LogP contribution in [0.2, 0.25) is 0 Å². The number of rotatable bonds is 6. The predicted octanol–water partition coefficient (Wildman–Crippen LogP) is -1.56. The van der Waals surface area contributed by atoms with Crippen LogP contribution >= 0.6 is 0 Å². The summed E-state index contributed by atoms with van der Waals surface area (Å²) in [7, 11) is 0. The molecule has 0 aromatic heterocycles. The fourth-order valence-electron chi connectivity index (χ4n) is 1.16. The van der Waals surface area contributed by atoms with Crippen molar-refractivity contribution >= 4 is 17.9 Å². The zero-order valence-electron chi connectivity index (χ0n) is 10.7. The van der Waals surface area contributed by atoms with Crippen LogP contribution in [0.15, 0.2) is 18.2 Å². The van der Waals surface area contributed by atoms with Gasteiger partial charge < -0.3 is 17.0 Å². The van der Waals surface area contributed by atoms with Crippen molar-refractivity contribution in [3.05, 3.63) is 23.8 Å². The topological polar surface area (TPSA) is 89.6 Å². The summed E-state index contributed by atoms with van der Waals surface area (Å²) in [5.74, 6) is -0.312. The second-order valence-electron chi connectivity index (χ2n) is 3.25. The number of carbonyl (C=O) groups is 2.